The van der Waals surface area contributed by atoms with E-state index in [0.29, 0.717) is 6.61 Å². The molecule has 2 rings (SSSR count). The molecule has 2 aromatic carbocycles. The van der Waals surface area contributed by atoms with Crippen molar-refractivity contribution in [1.82, 2.24) is 0 Å². The van der Waals surface area contributed by atoms with Crippen LogP contribution >= 0.6 is 0 Å². The van der Waals surface area contributed by atoms with Gasteiger partial charge in [0, 0.05) is 6.42 Å². The molecule has 3 nitrogen and oxygen atoms in total. The van der Waals surface area contributed by atoms with Crippen molar-refractivity contribution in [3.8, 4) is 5.75 Å². The number of hydrogen-bond donors (Lipinski definition) is 0. The molecular formula is C16H17NO2. The Hall–Kier alpha value is -2.29. The third kappa shape index (κ3) is 4.47. The maximum Gasteiger partial charge on any atom is 0.119 e. The molecule has 2 aromatic rings. The van der Waals surface area contributed by atoms with Gasteiger partial charge in [-0.25, -0.2) is 0 Å². The zero-order valence-corrected chi connectivity index (χ0v) is 11.0. The first kappa shape index (κ1) is 13.1. The Labute approximate surface area is 113 Å². The van der Waals surface area contributed by atoms with Gasteiger partial charge >= 0.3 is 0 Å². The summed E-state index contributed by atoms with van der Waals surface area (Å²) in [5.41, 5.74) is 2.23. The minimum atomic E-state index is 0.662. The molecule has 0 aliphatic rings. The molecule has 98 valence electrons. The van der Waals surface area contributed by atoms with E-state index in [0.717, 1.165) is 17.7 Å². The minimum Gasteiger partial charge on any atom is -0.493 e. The van der Waals surface area contributed by atoms with E-state index in [1.807, 2.05) is 42.5 Å². The molecule has 0 aliphatic heterocycles. The normalized spacial score (nSPS) is 10.6. The van der Waals surface area contributed by atoms with Gasteiger partial charge in [-0.1, -0.05) is 47.6 Å². The summed E-state index contributed by atoms with van der Waals surface area (Å²) < 4.78 is 5.73. The predicted molar refractivity (Wildman–Crippen MR) is 76.7 cm³/mol. The Kier molecular flexibility index (Phi) is 4.99. The van der Waals surface area contributed by atoms with Crippen LogP contribution in [0.1, 0.15) is 11.1 Å². The van der Waals surface area contributed by atoms with Crippen molar-refractivity contribution in [2.75, 3.05) is 13.7 Å². The number of hydrogen-bond acceptors (Lipinski definition) is 3. The van der Waals surface area contributed by atoms with E-state index >= 15 is 0 Å². The summed E-state index contributed by atoms with van der Waals surface area (Å²) in [6.07, 6.45) is 2.56. The Morgan fingerprint density at radius 2 is 1.89 bits per heavy atom. The zero-order valence-electron chi connectivity index (χ0n) is 11.0. The molecule has 0 amide bonds. The van der Waals surface area contributed by atoms with Crippen molar-refractivity contribution in [1.29, 1.82) is 0 Å². The van der Waals surface area contributed by atoms with E-state index < -0.39 is 0 Å². The summed E-state index contributed by atoms with van der Waals surface area (Å²) in [5.74, 6) is 0.844. The van der Waals surface area contributed by atoms with E-state index in [1.54, 1.807) is 6.21 Å². The molecule has 0 saturated carbocycles. The molecule has 0 heterocycles. The Morgan fingerprint density at radius 3 is 2.68 bits per heavy atom. The van der Waals surface area contributed by atoms with Crippen LogP contribution in [0.25, 0.3) is 0 Å². The fourth-order valence-electron chi connectivity index (χ4n) is 1.73. The molecule has 19 heavy (non-hydrogen) atoms. The second kappa shape index (κ2) is 7.21. The smallest absolute Gasteiger partial charge is 0.119 e. The second-order valence-electron chi connectivity index (χ2n) is 4.07. The van der Waals surface area contributed by atoms with Gasteiger partial charge in [0.05, 0.1) is 12.8 Å². The summed E-state index contributed by atoms with van der Waals surface area (Å²) in [4.78, 5) is 4.65. The van der Waals surface area contributed by atoms with Crippen LogP contribution in [0, 0.1) is 0 Å². The van der Waals surface area contributed by atoms with Gasteiger partial charge in [0.25, 0.3) is 0 Å². The largest absolute Gasteiger partial charge is 0.493 e. The molecule has 0 saturated heterocycles. The van der Waals surface area contributed by atoms with Crippen LogP contribution in [0.2, 0.25) is 0 Å². The van der Waals surface area contributed by atoms with Crippen molar-refractivity contribution < 1.29 is 9.57 Å². The zero-order chi connectivity index (χ0) is 13.3. The van der Waals surface area contributed by atoms with Crippen LogP contribution in [0.4, 0.5) is 0 Å². The van der Waals surface area contributed by atoms with Gasteiger partial charge < -0.3 is 9.57 Å². The van der Waals surface area contributed by atoms with Gasteiger partial charge in [-0.05, 0) is 23.3 Å². The lowest BCUT2D eigenvalue weighted by Crippen LogP contribution is -2.01. The van der Waals surface area contributed by atoms with Crippen LogP contribution < -0.4 is 4.74 Å². The summed E-state index contributed by atoms with van der Waals surface area (Å²) in [6.45, 7) is 0.662. The van der Waals surface area contributed by atoms with E-state index in [9.17, 15) is 0 Å². The van der Waals surface area contributed by atoms with Crippen molar-refractivity contribution in [2.24, 2.45) is 5.16 Å². The van der Waals surface area contributed by atoms with Gasteiger partial charge in [0.2, 0.25) is 0 Å². The van der Waals surface area contributed by atoms with Crippen molar-refractivity contribution in [2.45, 2.75) is 6.42 Å². The van der Waals surface area contributed by atoms with Crippen molar-refractivity contribution >= 4 is 6.21 Å². The van der Waals surface area contributed by atoms with E-state index in [-0.39, 0.29) is 0 Å². The molecule has 0 fully saturated rings. The van der Waals surface area contributed by atoms with Crippen LogP contribution in [0.15, 0.2) is 59.8 Å². The number of rotatable bonds is 6. The fraction of sp³-hybridized carbons (Fsp3) is 0.188. The Balaban J connectivity index is 1.87. The maximum absolute atomic E-state index is 5.73. The first-order valence-corrected chi connectivity index (χ1v) is 6.22. The quantitative estimate of drug-likeness (QED) is 0.586. The lowest BCUT2D eigenvalue weighted by molar-refractivity contribution is 0.215. The molecule has 0 bridgehead atoms. The van der Waals surface area contributed by atoms with Crippen LogP contribution in [-0.2, 0) is 11.3 Å². The average Bonchev–Trinajstić information content (AvgIpc) is 2.47. The number of oxime groups is 1. The van der Waals surface area contributed by atoms with Gasteiger partial charge in [0.1, 0.15) is 12.9 Å². The standard InChI is InChI=1S/C16H17NO2/c1-18-17-13-15-8-5-9-16(12-15)19-11-10-14-6-3-2-4-7-14/h2-9,12-13H,10-11H2,1H3. The number of ether oxygens (including phenoxy) is 1. The van der Waals surface area contributed by atoms with Gasteiger partial charge in [-0.2, -0.15) is 0 Å². The number of benzene rings is 2. The van der Waals surface area contributed by atoms with E-state index in [2.05, 4.69) is 22.1 Å². The number of nitrogens with zero attached hydrogens (tertiary/aromatic N) is 1. The minimum absolute atomic E-state index is 0.662. The lowest BCUT2D eigenvalue weighted by atomic mass is 10.2. The first-order valence-electron chi connectivity index (χ1n) is 6.22. The fourth-order valence-corrected chi connectivity index (χ4v) is 1.73. The highest BCUT2D eigenvalue weighted by molar-refractivity contribution is 5.79. The maximum atomic E-state index is 5.73. The van der Waals surface area contributed by atoms with Crippen LogP contribution in [0.3, 0.4) is 0 Å². The predicted octanol–water partition coefficient (Wildman–Crippen LogP) is 3.29. The Bertz CT molecular complexity index is 523. The third-order valence-electron chi connectivity index (χ3n) is 2.67. The highest BCUT2D eigenvalue weighted by Gasteiger charge is 1.96. The van der Waals surface area contributed by atoms with E-state index in [4.69, 9.17) is 4.74 Å². The summed E-state index contributed by atoms with van der Waals surface area (Å²) >= 11 is 0. The lowest BCUT2D eigenvalue weighted by Gasteiger charge is -2.06. The van der Waals surface area contributed by atoms with E-state index in [1.165, 1.54) is 12.7 Å². The van der Waals surface area contributed by atoms with Gasteiger partial charge in [-0.3, -0.25) is 0 Å². The van der Waals surface area contributed by atoms with Crippen molar-refractivity contribution in [3.05, 3.63) is 65.7 Å². The third-order valence-corrected chi connectivity index (χ3v) is 2.67. The summed E-state index contributed by atoms with van der Waals surface area (Å²) in [5, 5.41) is 3.73. The highest BCUT2D eigenvalue weighted by atomic mass is 16.6. The van der Waals surface area contributed by atoms with Crippen LogP contribution in [-0.4, -0.2) is 19.9 Å². The topological polar surface area (TPSA) is 30.8 Å². The average molecular weight is 255 g/mol. The molecule has 0 atom stereocenters. The van der Waals surface area contributed by atoms with Gasteiger partial charge in [0.15, 0.2) is 0 Å². The molecular weight excluding hydrogens is 238 g/mol. The molecule has 3 heteroatoms. The highest BCUT2D eigenvalue weighted by Crippen LogP contribution is 2.12. The SMILES string of the molecule is CON=Cc1cccc(OCCc2ccccc2)c1. The monoisotopic (exact) mass is 255 g/mol. The molecule has 0 unspecified atom stereocenters. The van der Waals surface area contributed by atoms with Crippen molar-refractivity contribution in [3.63, 3.8) is 0 Å². The Morgan fingerprint density at radius 1 is 1.05 bits per heavy atom. The van der Waals surface area contributed by atoms with Crippen LogP contribution in [0.5, 0.6) is 5.75 Å². The molecule has 0 aliphatic carbocycles. The molecule has 0 radical (unpaired) electrons. The molecule has 0 spiro atoms. The summed E-state index contributed by atoms with van der Waals surface area (Å²) in [6, 6.07) is 18.1. The molecule has 0 aromatic heterocycles. The second-order valence-corrected chi connectivity index (χ2v) is 4.07. The summed E-state index contributed by atoms with van der Waals surface area (Å²) in [7, 11) is 1.52. The molecule has 0 N–H and O–H groups in total. The first-order chi connectivity index (χ1) is 9.38. The van der Waals surface area contributed by atoms with Gasteiger partial charge in [-0.15, -0.1) is 0 Å².